The maximum atomic E-state index is 13.1. The minimum absolute atomic E-state index is 0.00685. The number of nitrogens with zero attached hydrogens (tertiary/aromatic N) is 5. The van der Waals surface area contributed by atoms with E-state index in [1.165, 1.54) is 30.3 Å². The van der Waals surface area contributed by atoms with Crippen molar-refractivity contribution in [2.45, 2.75) is 14.7 Å². The van der Waals surface area contributed by atoms with Crippen LogP contribution in [0.15, 0.2) is 113 Å². The molecule has 286 valence electrons. The van der Waals surface area contributed by atoms with Crippen molar-refractivity contribution in [1.82, 2.24) is 9.78 Å². The van der Waals surface area contributed by atoms with Crippen LogP contribution in [0, 0.1) is 0 Å². The second-order valence-electron chi connectivity index (χ2n) is 10.6. The number of hydrogen-bond donors (Lipinski definition) is 8. The van der Waals surface area contributed by atoms with E-state index < -0.39 is 98.7 Å². The number of phenols is 1. The molecule has 0 bridgehead atoms. The first-order chi connectivity index (χ1) is 25.3. The van der Waals surface area contributed by atoms with Crippen LogP contribution >= 0.6 is 10.9 Å². The third kappa shape index (κ3) is 9.09. The molecule has 0 radical (unpaired) electrons. The van der Waals surface area contributed by atoms with Crippen LogP contribution in [-0.4, -0.2) is 82.1 Å². The van der Waals surface area contributed by atoms with Gasteiger partial charge in [0, 0.05) is 5.39 Å². The second kappa shape index (κ2) is 15.6. The highest BCUT2D eigenvalue weighted by Crippen LogP contribution is 2.54. The van der Waals surface area contributed by atoms with Crippen molar-refractivity contribution < 1.29 is 68.0 Å². The van der Waals surface area contributed by atoms with Crippen LogP contribution in [0.1, 0.15) is 10.5 Å². The summed E-state index contributed by atoms with van der Waals surface area (Å²) < 4.78 is 111. The number of rotatable bonds is 14. The molecule has 1 atom stereocenters. The standard InChI is InChI=1S/C28H24N6O16S4/c35-26-21-14-17(30-32-24-25(28(37)38)33-34(27(24)36)18-5-9-20(10-6-18)53(43,44)45)2-1-15(21)13-22(54(46,47)48)23(26)31-29-16-3-7-19(8-4-16)52(41,42)12-11-49-50-51(39)40/h1-10,13-14,33,35,46-48H,11-12H2,(H,37,38)(H,39,40)(H,43,44,45). The summed E-state index contributed by atoms with van der Waals surface area (Å²) in [6.45, 7) is -0.565. The van der Waals surface area contributed by atoms with Gasteiger partial charge in [0.25, 0.3) is 15.7 Å². The van der Waals surface area contributed by atoms with Crippen LogP contribution in [0.3, 0.4) is 0 Å². The molecule has 26 heteroatoms. The Morgan fingerprint density at radius 2 is 1.41 bits per heavy atom. The van der Waals surface area contributed by atoms with E-state index >= 15 is 0 Å². The Hall–Kier alpha value is -5.26. The number of azo groups is 2. The zero-order valence-corrected chi connectivity index (χ0v) is 29.8. The molecular weight excluding hydrogens is 805 g/mol. The lowest BCUT2D eigenvalue weighted by Gasteiger charge is -2.22. The third-order valence-corrected chi connectivity index (χ3v) is 10.7. The second-order valence-corrected chi connectivity index (χ2v) is 16.1. The van der Waals surface area contributed by atoms with E-state index in [0.29, 0.717) is 0 Å². The molecular formula is C28H24N6O16S4. The van der Waals surface area contributed by atoms with Crippen molar-refractivity contribution >= 4 is 81.7 Å². The zero-order chi connectivity index (χ0) is 39.6. The van der Waals surface area contributed by atoms with Gasteiger partial charge in [0.15, 0.2) is 27.0 Å². The summed E-state index contributed by atoms with van der Waals surface area (Å²) in [5.41, 5.74) is -3.07. The van der Waals surface area contributed by atoms with Gasteiger partial charge in [-0.1, -0.05) is 6.07 Å². The van der Waals surface area contributed by atoms with E-state index in [-0.39, 0.29) is 32.7 Å². The monoisotopic (exact) mass is 828 g/mol. The van der Waals surface area contributed by atoms with Crippen LogP contribution in [0.5, 0.6) is 5.75 Å². The Bertz CT molecular complexity index is 2620. The Balaban J connectivity index is 1.47. The number of H-pyrrole nitrogens is 1. The minimum atomic E-state index is -4.55. The Morgan fingerprint density at radius 1 is 0.815 bits per heavy atom. The van der Waals surface area contributed by atoms with Crippen LogP contribution in [0.4, 0.5) is 22.7 Å². The molecule has 0 amide bonds. The first-order valence-electron chi connectivity index (χ1n) is 14.3. The van der Waals surface area contributed by atoms with E-state index in [1.54, 1.807) is 0 Å². The Labute approximate surface area is 306 Å². The summed E-state index contributed by atoms with van der Waals surface area (Å²) in [6, 6.07) is 13.8. The van der Waals surface area contributed by atoms with Gasteiger partial charge in [0.1, 0.15) is 16.6 Å². The van der Waals surface area contributed by atoms with Gasteiger partial charge >= 0.3 is 17.3 Å². The van der Waals surface area contributed by atoms with Crippen molar-refractivity contribution in [3.8, 4) is 11.4 Å². The van der Waals surface area contributed by atoms with E-state index in [4.69, 9.17) is 4.55 Å². The topological polar surface area (TPSA) is 350 Å². The van der Waals surface area contributed by atoms with Gasteiger partial charge < -0.3 is 23.9 Å². The van der Waals surface area contributed by atoms with Gasteiger partial charge in [-0.25, -0.2) is 22.8 Å². The summed E-state index contributed by atoms with van der Waals surface area (Å²) in [7, 11) is -13.0. The predicted molar refractivity (Wildman–Crippen MR) is 187 cm³/mol. The molecule has 0 aliphatic carbocycles. The highest BCUT2D eigenvalue weighted by molar-refractivity contribution is 8.19. The van der Waals surface area contributed by atoms with Gasteiger partial charge in [-0.05, 0) is 72.1 Å². The molecule has 4 aromatic carbocycles. The van der Waals surface area contributed by atoms with Crippen LogP contribution in [0.25, 0.3) is 16.5 Å². The molecule has 1 aromatic heterocycles. The molecule has 1 unspecified atom stereocenters. The fraction of sp³-hybridized carbons (Fsp3) is 0.0714. The average Bonchev–Trinajstić information content (AvgIpc) is 3.44. The lowest BCUT2D eigenvalue weighted by atomic mass is 10.1. The highest BCUT2D eigenvalue weighted by Gasteiger charge is 2.26. The summed E-state index contributed by atoms with van der Waals surface area (Å²) in [6.07, 6.45) is 0. The minimum Gasteiger partial charge on any atom is -0.505 e. The number of hydrogen-bond acceptors (Lipinski definition) is 17. The maximum absolute atomic E-state index is 13.1. The highest BCUT2D eigenvalue weighted by atomic mass is 32.3. The Morgan fingerprint density at radius 3 is 2.00 bits per heavy atom. The van der Waals surface area contributed by atoms with E-state index in [1.807, 2.05) is 0 Å². The number of carboxylic acid groups (broad SMARTS) is 1. The number of benzene rings is 4. The van der Waals surface area contributed by atoms with Crippen molar-refractivity contribution in [3.63, 3.8) is 0 Å². The first-order valence-corrected chi connectivity index (χ1v) is 19.9. The van der Waals surface area contributed by atoms with Gasteiger partial charge in [-0.2, -0.15) is 22.9 Å². The normalized spacial score (nSPS) is 13.6. The number of phenolic OH excluding ortho intramolecular Hbond substituents is 1. The summed E-state index contributed by atoms with van der Waals surface area (Å²) in [5, 5.41) is 38.6. The molecule has 5 rings (SSSR count). The number of aromatic carboxylic acids is 1. The molecule has 0 fully saturated rings. The smallest absolute Gasteiger partial charge is 0.356 e. The summed E-state index contributed by atoms with van der Waals surface area (Å²) in [5.74, 6) is -2.97. The number of aromatic nitrogens is 2. The molecule has 0 aliphatic heterocycles. The molecule has 1 heterocycles. The van der Waals surface area contributed by atoms with Crippen molar-refractivity contribution in [1.29, 1.82) is 0 Å². The summed E-state index contributed by atoms with van der Waals surface area (Å²) in [4.78, 5) is 28.0. The van der Waals surface area contributed by atoms with Crippen molar-refractivity contribution in [2.24, 2.45) is 20.5 Å². The number of carboxylic acids is 1. The largest absolute Gasteiger partial charge is 0.505 e. The lowest BCUT2D eigenvalue weighted by Crippen LogP contribution is -2.14. The lowest BCUT2D eigenvalue weighted by molar-refractivity contribution is -0.196. The van der Waals surface area contributed by atoms with Gasteiger partial charge in [0.05, 0.1) is 44.1 Å². The predicted octanol–water partition coefficient (Wildman–Crippen LogP) is 5.24. The number of aromatic amines is 1. The van der Waals surface area contributed by atoms with Crippen molar-refractivity contribution in [3.05, 3.63) is 88.8 Å². The number of nitrogens with one attached hydrogen (secondary N) is 1. The first kappa shape index (κ1) is 39.9. The molecule has 22 nitrogen and oxygen atoms in total. The van der Waals surface area contributed by atoms with E-state index in [0.717, 1.165) is 47.1 Å². The molecule has 0 spiro atoms. The molecule has 54 heavy (non-hydrogen) atoms. The van der Waals surface area contributed by atoms with E-state index in [9.17, 15) is 59.1 Å². The van der Waals surface area contributed by atoms with Crippen LogP contribution < -0.4 is 5.56 Å². The molecule has 5 aromatic rings. The van der Waals surface area contributed by atoms with Gasteiger partial charge in [-0.15, -0.1) is 14.6 Å². The number of carbonyl (C=O) groups is 1. The van der Waals surface area contributed by atoms with E-state index in [2.05, 4.69) is 34.8 Å². The quantitative estimate of drug-likeness (QED) is 0.0177. The molecule has 8 N–H and O–H groups in total. The van der Waals surface area contributed by atoms with Crippen LogP contribution in [0.2, 0.25) is 0 Å². The summed E-state index contributed by atoms with van der Waals surface area (Å²) >= 11 is -2.76. The average molecular weight is 829 g/mol. The fourth-order valence-corrected chi connectivity index (χ4v) is 6.97. The SMILES string of the molecule is O=C(O)c1[nH]n(-c2ccc(S(=O)(=O)O)cc2)c(=O)c1N=Nc1ccc2cc(S(O)(O)O)c(N=Nc3ccc(S(=O)(=O)CCOOS(=O)O)cc3)c(O)c2c1. The molecule has 0 aliphatic rings. The number of fused-ring (bicyclic) bond motifs is 1. The molecule has 0 saturated heterocycles. The molecule has 0 saturated carbocycles. The number of aromatic hydroxyl groups is 1. The van der Waals surface area contributed by atoms with Crippen molar-refractivity contribution in [2.75, 3.05) is 12.4 Å². The number of sulfone groups is 1. The fourth-order valence-electron chi connectivity index (χ4n) is 4.59. The third-order valence-electron chi connectivity index (χ3n) is 7.07. The zero-order valence-electron chi connectivity index (χ0n) is 26.5. The van der Waals surface area contributed by atoms with Gasteiger partial charge in [-0.3, -0.25) is 19.0 Å². The maximum Gasteiger partial charge on any atom is 0.356 e. The van der Waals surface area contributed by atoms with Gasteiger partial charge in [0.2, 0.25) is 0 Å². The van der Waals surface area contributed by atoms with Crippen LogP contribution in [-0.2, 0) is 40.5 Å². The Kier molecular flexibility index (Phi) is 11.5.